The fourth-order valence-electron chi connectivity index (χ4n) is 2.46. The van der Waals surface area contributed by atoms with Gasteiger partial charge < -0.3 is 19.8 Å². The van der Waals surface area contributed by atoms with E-state index in [2.05, 4.69) is 17.6 Å². The van der Waals surface area contributed by atoms with Crippen molar-refractivity contribution in [3.8, 4) is 0 Å². The van der Waals surface area contributed by atoms with Gasteiger partial charge in [0.25, 0.3) is 5.91 Å². The average Bonchev–Trinajstić information content (AvgIpc) is 3.03. The first-order valence-electron chi connectivity index (χ1n) is 6.85. The molecule has 2 rings (SSSR count). The molecule has 1 saturated heterocycles. The van der Waals surface area contributed by atoms with Crippen molar-refractivity contribution in [3.05, 3.63) is 23.2 Å². The lowest BCUT2D eigenvalue weighted by Gasteiger charge is -2.17. The van der Waals surface area contributed by atoms with Crippen molar-refractivity contribution in [2.75, 3.05) is 20.2 Å². The number of aryl methyl sites for hydroxylation is 2. The quantitative estimate of drug-likeness (QED) is 0.838. The zero-order valence-electron chi connectivity index (χ0n) is 11.8. The summed E-state index contributed by atoms with van der Waals surface area (Å²) in [5, 5.41) is 6.16. The first-order chi connectivity index (χ1) is 9.19. The van der Waals surface area contributed by atoms with Gasteiger partial charge in [-0.1, -0.05) is 13.8 Å². The second kappa shape index (κ2) is 6.21. The van der Waals surface area contributed by atoms with Gasteiger partial charge in [-0.25, -0.2) is 0 Å². The largest absolute Gasteiger partial charge is 0.456 e. The Balaban J connectivity index is 2.05. The van der Waals surface area contributed by atoms with Gasteiger partial charge in [0, 0.05) is 26.6 Å². The van der Waals surface area contributed by atoms with Crippen LogP contribution in [0, 0.1) is 0 Å². The molecule has 0 aliphatic carbocycles. The number of amides is 1. The van der Waals surface area contributed by atoms with E-state index in [4.69, 9.17) is 9.15 Å². The zero-order valence-corrected chi connectivity index (χ0v) is 11.8. The molecule has 2 heterocycles. The van der Waals surface area contributed by atoms with Gasteiger partial charge in [-0.05, 0) is 18.1 Å². The minimum absolute atomic E-state index is 0.00208. The maximum Gasteiger partial charge on any atom is 0.287 e. The SMILES string of the molecule is CCc1cc(C(=O)N[C@H]2CNC[C@@H]2OC)oc1CC. The van der Waals surface area contributed by atoms with Gasteiger partial charge >= 0.3 is 0 Å². The van der Waals surface area contributed by atoms with Crippen LogP contribution in [0.4, 0.5) is 0 Å². The Kier molecular flexibility index (Phi) is 4.61. The monoisotopic (exact) mass is 266 g/mol. The van der Waals surface area contributed by atoms with Crippen molar-refractivity contribution in [2.45, 2.75) is 38.8 Å². The summed E-state index contributed by atoms with van der Waals surface area (Å²) in [7, 11) is 1.66. The number of methoxy groups -OCH3 is 1. The molecule has 0 bridgehead atoms. The molecular weight excluding hydrogens is 244 g/mol. The molecule has 1 fully saturated rings. The van der Waals surface area contributed by atoms with Crippen LogP contribution in [0.1, 0.15) is 35.7 Å². The number of carbonyl (C=O) groups is 1. The predicted molar refractivity (Wildman–Crippen MR) is 72.4 cm³/mol. The van der Waals surface area contributed by atoms with E-state index in [9.17, 15) is 4.79 Å². The molecule has 0 radical (unpaired) electrons. The second-order valence-electron chi connectivity index (χ2n) is 4.78. The fourth-order valence-corrected chi connectivity index (χ4v) is 2.46. The number of nitrogens with one attached hydrogen (secondary N) is 2. The van der Waals surface area contributed by atoms with Crippen LogP contribution in [0.2, 0.25) is 0 Å². The van der Waals surface area contributed by atoms with Crippen molar-refractivity contribution in [2.24, 2.45) is 0 Å². The Morgan fingerprint density at radius 2 is 2.26 bits per heavy atom. The summed E-state index contributed by atoms with van der Waals surface area (Å²) in [6, 6.07) is 1.84. The number of hydrogen-bond acceptors (Lipinski definition) is 4. The number of hydrogen-bond donors (Lipinski definition) is 2. The Hall–Kier alpha value is -1.33. The molecule has 0 spiro atoms. The van der Waals surface area contributed by atoms with E-state index in [1.807, 2.05) is 13.0 Å². The molecule has 2 N–H and O–H groups in total. The molecule has 2 atom stereocenters. The molecule has 1 aliphatic rings. The van der Waals surface area contributed by atoms with Crippen molar-refractivity contribution in [1.82, 2.24) is 10.6 Å². The molecule has 106 valence electrons. The third-order valence-corrected chi connectivity index (χ3v) is 3.60. The lowest BCUT2D eigenvalue weighted by molar-refractivity contribution is 0.0759. The Morgan fingerprint density at radius 3 is 2.84 bits per heavy atom. The third-order valence-electron chi connectivity index (χ3n) is 3.60. The van der Waals surface area contributed by atoms with Gasteiger partial charge in [-0.15, -0.1) is 0 Å². The molecule has 0 unspecified atom stereocenters. The van der Waals surface area contributed by atoms with Gasteiger partial charge in [-0.3, -0.25) is 4.79 Å². The highest BCUT2D eigenvalue weighted by Gasteiger charge is 2.29. The zero-order chi connectivity index (χ0) is 13.8. The number of ether oxygens (including phenoxy) is 1. The van der Waals surface area contributed by atoms with Crippen LogP contribution >= 0.6 is 0 Å². The van der Waals surface area contributed by atoms with Crippen LogP contribution in [0.25, 0.3) is 0 Å². The highest BCUT2D eigenvalue weighted by Crippen LogP contribution is 2.17. The maximum absolute atomic E-state index is 12.2. The first kappa shape index (κ1) is 14.1. The molecule has 1 aliphatic heterocycles. The van der Waals surface area contributed by atoms with Crippen molar-refractivity contribution < 1.29 is 13.9 Å². The van der Waals surface area contributed by atoms with Crippen molar-refractivity contribution in [1.29, 1.82) is 0 Å². The highest BCUT2D eigenvalue weighted by molar-refractivity contribution is 5.92. The summed E-state index contributed by atoms with van der Waals surface area (Å²) in [6.07, 6.45) is 1.71. The van der Waals surface area contributed by atoms with Gasteiger partial charge in [0.2, 0.25) is 0 Å². The summed E-state index contributed by atoms with van der Waals surface area (Å²) >= 11 is 0. The Morgan fingerprint density at radius 1 is 1.47 bits per heavy atom. The van der Waals surface area contributed by atoms with Crippen molar-refractivity contribution in [3.63, 3.8) is 0 Å². The lowest BCUT2D eigenvalue weighted by Crippen LogP contribution is -2.43. The molecule has 5 nitrogen and oxygen atoms in total. The molecule has 5 heteroatoms. The summed E-state index contributed by atoms with van der Waals surface area (Å²) in [6.45, 7) is 5.58. The average molecular weight is 266 g/mol. The molecule has 1 aromatic heterocycles. The van der Waals surface area contributed by atoms with Crippen LogP contribution in [-0.4, -0.2) is 38.3 Å². The second-order valence-corrected chi connectivity index (χ2v) is 4.78. The molecule has 0 aromatic carbocycles. The number of furan rings is 1. The molecule has 19 heavy (non-hydrogen) atoms. The first-order valence-corrected chi connectivity index (χ1v) is 6.85. The van der Waals surface area contributed by atoms with Gasteiger partial charge in [-0.2, -0.15) is 0 Å². The minimum Gasteiger partial charge on any atom is -0.456 e. The van der Waals surface area contributed by atoms with E-state index < -0.39 is 0 Å². The van der Waals surface area contributed by atoms with Gasteiger partial charge in [0.05, 0.1) is 12.1 Å². The maximum atomic E-state index is 12.2. The van der Waals surface area contributed by atoms with E-state index in [0.29, 0.717) is 5.76 Å². The van der Waals surface area contributed by atoms with Crippen LogP contribution in [0.15, 0.2) is 10.5 Å². The summed E-state index contributed by atoms with van der Waals surface area (Å²) in [4.78, 5) is 12.2. The highest BCUT2D eigenvalue weighted by atomic mass is 16.5. The Labute approximate surface area is 113 Å². The molecular formula is C14H22N2O3. The van der Waals surface area contributed by atoms with E-state index in [0.717, 1.165) is 37.3 Å². The van der Waals surface area contributed by atoms with E-state index in [1.165, 1.54) is 0 Å². The van der Waals surface area contributed by atoms with Crippen LogP contribution in [-0.2, 0) is 17.6 Å². The van der Waals surface area contributed by atoms with Crippen LogP contribution in [0.3, 0.4) is 0 Å². The van der Waals surface area contributed by atoms with Gasteiger partial charge in [0.15, 0.2) is 5.76 Å². The van der Waals surface area contributed by atoms with E-state index >= 15 is 0 Å². The summed E-state index contributed by atoms with van der Waals surface area (Å²) < 4.78 is 10.9. The normalized spacial score (nSPS) is 22.7. The third kappa shape index (κ3) is 2.98. The molecule has 1 amide bonds. The lowest BCUT2D eigenvalue weighted by atomic mass is 10.1. The standard InChI is InChI=1S/C14H22N2O3/c1-4-9-6-12(19-11(9)5-2)14(17)16-10-7-15-8-13(10)18-3/h6,10,13,15H,4-5,7-8H2,1-3H3,(H,16,17)/t10-,13-/m0/s1. The van der Waals surface area contributed by atoms with Crippen molar-refractivity contribution >= 4 is 5.91 Å². The molecule has 0 saturated carbocycles. The fraction of sp³-hybridized carbons (Fsp3) is 0.643. The topological polar surface area (TPSA) is 63.5 Å². The number of rotatable bonds is 5. The van der Waals surface area contributed by atoms with Crippen LogP contribution < -0.4 is 10.6 Å². The predicted octanol–water partition coefficient (Wildman–Crippen LogP) is 1.12. The Bertz CT molecular complexity index is 420. The summed E-state index contributed by atoms with van der Waals surface area (Å²) in [5.74, 6) is 1.14. The van der Waals surface area contributed by atoms with Crippen LogP contribution in [0.5, 0.6) is 0 Å². The van der Waals surface area contributed by atoms with E-state index in [1.54, 1.807) is 7.11 Å². The smallest absolute Gasteiger partial charge is 0.287 e. The summed E-state index contributed by atoms with van der Waals surface area (Å²) in [5.41, 5.74) is 1.11. The number of carbonyl (C=O) groups excluding carboxylic acids is 1. The van der Waals surface area contributed by atoms with Gasteiger partial charge in [0.1, 0.15) is 5.76 Å². The molecule has 1 aromatic rings. The minimum atomic E-state index is -0.162. The van der Waals surface area contributed by atoms with E-state index in [-0.39, 0.29) is 18.1 Å².